The highest BCUT2D eigenvalue weighted by Crippen LogP contribution is 2.32. The number of phenolic OH excluding ortho intramolecular Hbond substituents is 1. The third-order valence-corrected chi connectivity index (χ3v) is 4.84. The molecule has 0 radical (unpaired) electrons. The lowest BCUT2D eigenvalue weighted by Gasteiger charge is -2.16. The molecule has 24 heavy (non-hydrogen) atoms. The van der Waals surface area contributed by atoms with Gasteiger partial charge in [0, 0.05) is 6.07 Å². The van der Waals surface area contributed by atoms with Crippen molar-refractivity contribution in [2.24, 2.45) is 0 Å². The SMILES string of the molecule is O=C(Cc1ccccc1)NC1SC(=S)N(c2cccc(O)c2)C1=O. The van der Waals surface area contributed by atoms with Crippen LogP contribution < -0.4 is 10.2 Å². The second-order valence-electron chi connectivity index (χ2n) is 5.19. The number of nitrogens with one attached hydrogen (secondary N) is 1. The molecule has 0 bridgehead atoms. The zero-order valence-corrected chi connectivity index (χ0v) is 14.1. The van der Waals surface area contributed by atoms with Crippen LogP contribution in [0, 0.1) is 0 Å². The second-order valence-corrected chi connectivity index (χ2v) is 6.93. The molecular formula is C17H14N2O3S2. The monoisotopic (exact) mass is 358 g/mol. The van der Waals surface area contributed by atoms with E-state index in [1.807, 2.05) is 30.3 Å². The van der Waals surface area contributed by atoms with Gasteiger partial charge in [-0.15, -0.1) is 0 Å². The number of nitrogens with zero attached hydrogens (tertiary/aromatic N) is 1. The van der Waals surface area contributed by atoms with Crippen molar-refractivity contribution in [2.45, 2.75) is 11.8 Å². The molecule has 0 aromatic heterocycles. The Morgan fingerprint density at radius 2 is 1.96 bits per heavy atom. The number of thiocarbonyl (C=S) groups is 1. The molecule has 3 rings (SSSR count). The zero-order valence-electron chi connectivity index (χ0n) is 12.5. The summed E-state index contributed by atoms with van der Waals surface area (Å²) in [5, 5.41) is 11.5. The molecule has 122 valence electrons. The lowest BCUT2D eigenvalue weighted by Crippen LogP contribution is -2.41. The third-order valence-electron chi connectivity index (χ3n) is 3.43. The highest BCUT2D eigenvalue weighted by atomic mass is 32.2. The van der Waals surface area contributed by atoms with E-state index in [-0.39, 0.29) is 24.0 Å². The standard InChI is InChI=1S/C17H14N2O3S2/c20-13-8-4-7-12(10-13)19-16(22)15(24-17(19)23)18-14(21)9-11-5-2-1-3-6-11/h1-8,10,15,20H,9H2,(H,18,21). The van der Waals surface area contributed by atoms with Crippen LogP contribution >= 0.6 is 24.0 Å². The number of carbonyl (C=O) groups is 2. The Hall–Kier alpha value is -2.38. The predicted molar refractivity (Wildman–Crippen MR) is 97.9 cm³/mol. The molecule has 1 heterocycles. The van der Waals surface area contributed by atoms with E-state index in [1.54, 1.807) is 12.1 Å². The van der Waals surface area contributed by atoms with Gasteiger partial charge in [-0.25, -0.2) is 0 Å². The number of amides is 2. The van der Waals surface area contributed by atoms with Gasteiger partial charge in [0.05, 0.1) is 12.1 Å². The molecule has 1 unspecified atom stereocenters. The van der Waals surface area contributed by atoms with Gasteiger partial charge in [-0.05, 0) is 17.7 Å². The Kier molecular flexibility index (Phi) is 4.82. The quantitative estimate of drug-likeness (QED) is 0.822. The fourth-order valence-electron chi connectivity index (χ4n) is 2.35. The first-order valence-electron chi connectivity index (χ1n) is 7.21. The van der Waals surface area contributed by atoms with Crippen LogP contribution in [0.5, 0.6) is 5.75 Å². The summed E-state index contributed by atoms with van der Waals surface area (Å²) in [7, 11) is 0. The average Bonchev–Trinajstić information content (AvgIpc) is 2.82. The summed E-state index contributed by atoms with van der Waals surface area (Å²) in [5.41, 5.74) is 1.36. The minimum Gasteiger partial charge on any atom is -0.508 e. The molecule has 1 atom stereocenters. The van der Waals surface area contributed by atoms with Crippen molar-refractivity contribution in [1.29, 1.82) is 0 Å². The van der Waals surface area contributed by atoms with Crippen molar-refractivity contribution in [3.05, 3.63) is 60.2 Å². The van der Waals surface area contributed by atoms with Gasteiger partial charge in [0.15, 0.2) is 5.37 Å². The van der Waals surface area contributed by atoms with Gasteiger partial charge in [0.1, 0.15) is 10.1 Å². The minimum absolute atomic E-state index is 0.0460. The maximum Gasteiger partial charge on any atom is 0.266 e. The molecule has 1 saturated heterocycles. The summed E-state index contributed by atoms with van der Waals surface area (Å²) >= 11 is 6.35. The van der Waals surface area contributed by atoms with Crippen LogP contribution in [-0.2, 0) is 16.0 Å². The van der Waals surface area contributed by atoms with Gasteiger partial charge in [-0.1, -0.05) is 60.4 Å². The number of rotatable bonds is 4. The van der Waals surface area contributed by atoms with Gasteiger partial charge in [-0.2, -0.15) is 0 Å². The number of carbonyl (C=O) groups excluding carboxylic acids is 2. The molecule has 2 N–H and O–H groups in total. The number of benzene rings is 2. The van der Waals surface area contributed by atoms with E-state index >= 15 is 0 Å². The Morgan fingerprint density at radius 3 is 2.67 bits per heavy atom. The second kappa shape index (κ2) is 7.02. The minimum atomic E-state index is -0.754. The highest BCUT2D eigenvalue weighted by molar-refractivity contribution is 8.25. The fourth-order valence-corrected chi connectivity index (χ4v) is 3.73. The topological polar surface area (TPSA) is 69.6 Å². The van der Waals surface area contributed by atoms with E-state index in [1.165, 1.54) is 17.0 Å². The third kappa shape index (κ3) is 3.58. The first kappa shape index (κ1) is 16.5. The van der Waals surface area contributed by atoms with Crippen LogP contribution in [0.15, 0.2) is 54.6 Å². The van der Waals surface area contributed by atoms with Crippen LogP contribution in [0.4, 0.5) is 5.69 Å². The van der Waals surface area contributed by atoms with E-state index in [4.69, 9.17) is 12.2 Å². The number of phenols is 1. The lowest BCUT2D eigenvalue weighted by atomic mass is 10.1. The normalized spacial score (nSPS) is 17.2. The van der Waals surface area contributed by atoms with E-state index in [0.717, 1.165) is 17.3 Å². The van der Waals surface area contributed by atoms with E-state index in [0.29, 0.717) is 10.0 Å². The molecule has 1 fully saturated rings. The summed E-state index contributed by atoms with van der Waals surface area (Å²) < 4.78 is 0.343. The fraction of sp³-hybridized carbons (Fsp3) is 0.118. The van der Waals surface area contributed by atoms with Crippen molar-refractivity contribution in [2.75, 3.05) is 4.90 Å². The van der Waals surface area contributed by atoms with Crippen LogP contribution in [0.2, 0.25) is 0 Å². The maximum atomic E-state index is 12.5. The van der Waals surface area contributed by atoms with Crippen LogP contribution in [0.25, 0.3) is 0 Å². The van der Waals surface area contributed by atoms with Gasteiger partial charge >= 0.3 is 0 Å². The number of hydrogen-bond acceptors (Lipinski definition) is 5. The van der Waals surface area contributed by atoms with Crippen LogP contribution in [0.1, 0.15) is 5.56 Å². The molecule has 1 aliphatic rings. The first-order chi connectivity index (χ1) is 11.5. The van der Waals surface area contributed by atoms with Gasteiger partial charge in [0.2, 0.25) is 5.91 Å². The van der Waals surface area contributed by atoms with Crippen molar-refractivity contribution in [3.8, 4) is 5.75 Å². The number of aromatic hydroxyl groups is 1. The largest absolute Gasteiger partial charge is 0.508 e. The average molecular weight is 358 g/mol. The van der Waals surface area contributed by atoms with Crippen molar-refractivity contribution in [3.63, 3.8) is 0 Å². The summed E-state index contributed by atoms with van der Waals surface area (Å²) in [4.78, 5) is 26.0. The van der Waals surface area contributed by atoms with Crippen molar-refractivity contribution >= 4 is 45.8 Å². The predicted octanol–water partition coefficient (Wildman–Crippen LogP) is 2.44. The van der Waals surface area contributed by atoms with Crippen LogP contribution in [-0.4, -0.2) is 26.6 Å². The van der Waals surface area contributed by atoms with E-state index in [2.05, 4.69) is 5.32 Å². The van der Waals surface area contributed by atoms with Crippen LogP contribution in [0.3, 0.4) is 0 Å². The number of anilines is 1. The molecule has 1 aliphatic heterocycles. The Labute approximate surface area is 148 Å². The maximum absolute atomic E-state index is 12.5. The van der Waals surface area contributed by atoms with Crippen molar-refractivity contribution < 1.29 is 14.7 Å². The van der Waals surface area contributed by atoms with Gasteiger partial charge in [0.25, 0.3) is 5.91 Å². The summed E-state index contributed by atoms with van der Waals surface area (Å²) in [6.07, 6.45) is 0.198. The molecule has 2 aromatic rings. The molecule has 0 spiro atoms. The molecule has 0 saturated carbocycles. The summed E-state index contributed by atoms with van der Waals surface area (Å²) in [6.45, 7) is 0. The lowest BCUT2D eigenvalue weighted by molar-refractivity contribution is -0.124. The summed E-state index contributed by atoms with van der Waals surface area (Å²) in [5.74, 6) is -0.519. The molecule has 2 amide bonds. The number of thioether (sulfide) groups is 1. The molecule has 7 heteroatoms. The molecular weight excluding hydrogens is 344 g/mol. The molecule has 5 nitrogen and oxygen atoms in total. The number of hydrogen-bond donors (Lipinski definition) is 2. The van der Waals surface area contributed by atoms with E-state index in [9.17, 15) is 14.7 Å². The zero-order chi connectivity index (χ0) is 17.1. The Bertz CT molecular complexity index is 795. The molecule has 2 aromatic carbocycles. The highest BCUT2D eigenvalue weighted by Gasteiger charge is 2.38. The smallest absolute Gasteiger partial charge is 0.266 e. The Balaban J connectivity index is 1.69. The Morgan fingerprint density at radius 1 is 1.21 bits per heavy atom. The van der Waals surface area contributed by atoms with Gasteiger partial charge in [-0.3, -0.25) is 14.5 Å². The van der Waals surface area contributed by atoms with E-state index < -0.39 is 5.37 Å². The molecule has 0 aliphatic carbocycles. The summed E-state index contributed by atoms with van der Waals surface area (Å²) in [6, 6.07) is 15.6. The van der Waals surface area contributed by atoms with Gasteiger partial charge < -0.3 is 10.4 Å². The van der Waals surface area contributed by atoms with Crippen molar-refractivity contribution in [1.82, 2.24) is 5.32 Å². The first-order valence-corrected chi connectivity index (χ1v) is 8.50.